The number of aromatic nitrogens is 2. The van der Waals surface area contributed by atoms with Crippen molar-refractivity contribution >= 4 is 12.4 Å². The molecule has 96 valence electrons. The van der Waals surface area contributed by atoms with E-state index >= 15 is 0 Å². The van der Waals surface area contributed by atoms with E-state index in [0.29, 0.717) is 6.61 Å². The van der Waals surface area contributed by atoms with E-state index < -0.39 is 0 Å². The molecule has 1 heterocycles. The molecular formula is C14H17ClN2O. The van der Waals surface area contributed by atoms with E-state index in [1.165, 1.54) is 0 Å². The van der Waals surface area contributed by atoms with Crippen LogP contribution in [0.2, 0.25) is 0 Å². The van der Waals surface area contributed by atoms with Crippen molar-refractivity contribution in [2.75, 3.05) is 6.61 Å². The SMILES string of the molecule is Cc1ccccc1OCC=CCn1ccnc1.Cl. The van der Waals surface area contributed by atoms with Crippen molar-refractivity contribution in [1.82, 2.24) is 9.55 Å². The van der Waals surface area contributed by atoms with Crippen molar-refractivity contribution in [3.63, 3.8) is 0 Å². The molecule has 0 atom stereocenters. The van der Waals surface area contributed by atoms with Crippen LogP contribution in [0.4, 0.5) is 0 Å². The first-order valence-electron chi connectivity index (χ1n) is 5.65. The molecule has 0 saturated heterocycles. The third-order valence-electron chi connectivity index (χ3n) is 2.47. The second kappa shape index (κ2) is 7.56. The summed E-state index contributed by atoms with van der Waals surface area (Å²) < 4.78 is 7.65. The van der Waals surface area contributed by atoms with Gasteiger partial charge in [0.25, 0.3) is 0 Å². The zero-order valence-electron chi connectivity index (χ0n) is 10.3. The van der Waals surface area contributed by atoms with Crippen molar-refractivity contribution in [3.05, 3.63) is 60.7 Å². The Morgan fingerprint density at radius 1 is 1.28 bits per heavy atom. The number of ether oxygens (including phenoxy) is 1. The van der Waals surface area contributed by atoms with Crippen molar-refractivity contribution in [2.45, 2.75) is 13.5 Å². The molecule has 3 nitrogen and oxygen atoms in total. The molecule has 0 aliphatic rings. The van der Waals surface area contributed by atoms with Crippen LogP contribution in [0.3, 0.4) is 0 Å². The van der Waals surface area contributed by atoms with Gasteiger partial charge in [0.1, 0.15) is 12.4 Å². The van der Waals surface area contributed by atoms with Crippen LogP contribution in [-0.2, 0) is 6.54 Å². The monoisotopic (exact) mass is 264 g/mol. The van der Waals surface area contributed by atoms with E-state index in [1.807, 2.05) is 48.0 Å². The van der Waals surface area contributed by atoms with E-state index in [0.717, 1.165) is 17.9 Å². The van der Waals surface area contributed by atoms with Crippen LogP contribution in [-0.4, -0.2) is 16.2 Å². The van der Waals surface area contributed by atoms with Gasteiger partial charge in [-0.2, -0.15) is 0 Å². The smallest absolute Gasteiger partial charge is 0.122 e. The highest BCUT2D eigenvalue weighted by molar-refractivity contribution is 5.85. The van der Waals surface area contributed by atoms with Gasteiger partial charge in [-0.3, -0.25) is 0 Å². The average Bonchev–Trinajstić information content (AvgIpc) is 2.84. The van der Waals surface area contributed by atoms with Crippen LogP contribution >= 0.6 is 12.4 Å². The average molecular weight is 265 g/mol. The summed E-state index contributed by atoms with van der Waals surface area (Å²) in [4.78, 5) is 3.98. The Morgan fingerprint density at radius 3 is 2.83 bits per heavy atom. The Kier molecular flexibility index (Phi) is 6.01. The quantitative estimate of drug-likeness (QED) is 0.775. The number of hydrogen-bond acceptors (Lipinski definition) is 2. The Morgan fingerprint density at radius 2 is 2.11 bits per heavy atom. The number of allylic oxidation sites excluding steroid dienone is 1. The lowest BCUT2D eigenvalue weighted by molar-refractivity contribution is 0.360. The van der Waals surface area contributed by atoms with Crippen LogP contribution < -0.4 is 4.74 Å². The zero-order valence-corrected chi connectivity index (χ0v) is 11.1. The summed E-state index contributed by atoms with van der Waals surface area (Å²) in [6, 6.07) is 8.03. The van der Waals surface area contributed by atoms with Gasteiger partial charge in [-0.15, -0.1) is 12.4 Å². The summed E-state index contributed by atoms with van der Waals surface area (Å²) in [6.07, 6.45) is 9.60. The summed E-state index contributed by atoms with van der Waals surface area (Å²) in [7, 11) is 0. The largest absolute Gasteiger partial charge is 0.489 e. The van der Waals surface area contributed by atoms with Crippen molar-refractivity contribution < 1.29 is 4.74 Å². The number of benzene rings is 1. The third kappa shape index (κ3) is 4.26. The Balaban J connectivity index is 0.00000162. The number of rotatable bonds is 5. The third-order valence-corrected chi connectivity index (χ3v) is 2.47. The van der Waals surface area contributed by atoms with E-state index in [9.17, 15) is 0 Å². The van der Waals surface area contributed by atoms with Gasteiger partial charge in [-0.25, -0.2) is 4.98 Å². The van der Waals surface area contributed by atoms with Crippen LogP contribution in [0.1, 0.15) is 5.56 Å². The van der Waals surface area contributed by atoms with Gasteiger partial charge in [0.05, 0.1) is 6.33 Å². The topological polar surface area (TPSA) is 27.1 Å². The highest BCUT2D eigenvalue weighted by Crippen LogP contribution is 2.15. The summed E-state index contributed by atoms with van der Waals surface area (Å²) in [5.74, 6) is 0.944. The number of aryl methyl sites for hydroxylation is 1. The van der Waals surface area contributed by atoms with Crippen LogP contribution in [0.15, 0.2) is 55.1 Å². The molecule has 0 aliphatic heterocycles. The molecule has 0 aliphatic carbocycles. The van der Waals surface area contributed by atoms with E-state index in [1.54, 1.807) is 12.5 Å². The standard InChI is InChI=1S/C14H16N2O.ClH/c1-13-6-2-3-7-14(13)17-11-5-4-9-16-10-8-15-12-16;/h2-8,10,12H,9,11H2,1H3;1H. The molecule has 1 aromatic heterocycles. The fourth-order valence-corrected chi connectivity index (χ4v) is 1.52. The van der Waals surface area contributed by atoms with Gasteiger partial charge < -0.3 is 9.30 Å². The summed E-state index contributed by atoms with van der Waals surface area (Å²) in [5.41, 5.74) is 1.16. The predicted octanol–water partition coefficient (Wildman–Crippen LogP) is 3.25. The molecule has 0 fully saturated rings. The van der Waals surface area contributed by atoms with E-state index in [4.69, 9.17) is 4.74 Å². The van der Waals surface area contributed by atoms with Crippen molar-refractivity contribution in [1.29, 1.82) is 0 Å². The van der Waals surface area contributed by atoms with Crippen LogP contribution in [0, 0.1) is 6.92 Å². The fourth-order valence-electron chi connectivity index (χ4n) is 1.52. The first-order chi connectivity index (χ1) is 8.36. The number of halogens is 1. The minimum absolute atomic E-state index is 0. The minimum atomic E-state index is 0. The summed E-state index contributed by atoms with van der Waals surface area (Å²) in [6.45, 7) is 3.47. The minimum Gasteiger partial charge on any atom is -0.489 e. The van der Waals surface area contributed by atoms with Crippen LogP contribution in [0.5, 0.6) is 5.75 Å². The lowest BCUT2D eigenvalue weighted by atomic mass is 10.2. The molecule has 2 rings (SSSR count). The highest BCUT2D eigenvalue weighted by atomic mass is 35.5. The first-order valence-corrected chi connectivity index (χ1v) is 5.65. The molecule has 0 N–H and O–H groups in total. The number of nitrogens with zero attached hydrogens (tertiary/aromatic N) is 2. The van der Waals surface area contributed by atoms with E-state index in [2.05, 4.69) is 11.1 Å². The van der Waals surface area contributed by atoms with Crippen molar-refractivity contribution in [2.24, 2.45) is 0 Å². The molecule has 18 heavy (non-hydrogen) atoms. The van der Waals surface area contributed by atoms with Gasteiger partial charge in [0, 0.05) is 18.9 Å². The Bertz CT molecular complexity index is 480. The lowest BCUT2D eigenvalue weighted by Crippen LogP contribution is -1.96. The summed E-state index contributed by atoms with van der Waals surface area (Å²) in [5, 5.41) is 0. The molecule has 0 amide bonds. The Hall–Kier alpha value is -1.74. The maximum absolute atomic E-state index is 5.64. The molecule has 2 aromatic rings. The van der Waals surface area contributed by atoms with Crippen molar-refractivity contribution in [3.8, 4) is 5.75 Å². The number of para-hydroxylation sites is 1. The number of imidazole rings is 1. The Labute approximate surface area is 114 Å². The van der Waals surface area contributed by atoms with Gasteiger partial charge in [0.15, 0.2) is 0 Å². The molecule has 1 aromatic carbocycles. The van der Waals surface area contributed by atoms with E-state index in [-0.39, 0.29) is 12.4 Å². The second-order valence-electron chi connectivity index (χ2n) is 3.81. The maximum atomic E-state index is 5.64. The van der Waals surface area contributed by atoms with Gasteiger partial charge in [-0.1, -0.05) is 24.3 Å². The molecular weight excluding hydrogens is 248 g/mol. The summed E-state index contributed by atoms with van der Waals surface area (Å²) >= 11 is 0. The molecule has 0 radical (unpaired) electrons. The number of hydrogen-bond donors (Lipinski definition) is 0. The first kappa shape index (κ1) is 14.3. The molecule has 0 unspecified atom stereocenters. The van der Waals surface area contributed by atoms with Crippen LogP contribution in [0.25, 0.3) is 0 Å². The highest BCUT2D eigenvalue weighted by Gasteiger charge is 1.94. The van der Waals surface area contributed by atoms with Gasteiger partial charge >= 0.3 is 0 Å². The predicted molar refractivity (Wildman–Crippen MR) is 75.3 cm³/mol. The zero-order chi connectivity index (χ0) is 11.9. The molecule has 4 heteroatoms. The maximum Gasteiger partial charge on any atom is 0.122 e. The fraction of sp³-hybridized carbons (Fsp3) is 0.214. The van der Waals surface area contributed by atoms with Gasteiger partial charge in [-0.05, 0) is 24.6 Å². The molecule has 0 saturated carbocycles. The lowest BCUT2D eigenvalue weighted by Gasteiger charge is -2.05. The second-order valence-corrected chi connectivity index (χ2v) is 3.81. The van der Waals surface area contributed by atoms with Gasteiger partial charge in [0.2, 0.25) is 0 Å². The normalized spacial score (nSPS) is 10.3. The molecule has 0 spiro atoms. The molecule has 0 bridgehead atoms.